The lowest BCUT2D eigenvalue weighted by Gasteiger charge is -2.38. The second-order valence-electron chi connectivity index (χ2n) is 7.37. The number of benzene rings is 1. The highest BCUT2D eigenvalue weighted by atomic mass is 16.6. The fraction of sp³-hybridized carbons (Fsp3) is 0.600. The number of piperidine rings is 1. The summed E-state index contributed by atoms with van der Waals surface area (Å²) in [6.45, 7) is 4.97. The van der Waals surface area contributed by atoms with Crippen LogP contribution in [-0.2, 0) is 11.2 Å². The molecule has 2 fully saturated rings. The summed E-state index contributed by atoms with van der Waals surface area (Å²) in [6, 6.07) is 7.83. The zero-order chi connectivity index (χ0) is 19.3. The molecule has 0 radical (unpaired) electrons. The maximum Gasteiger partial charge on any atom is 0.410 e. The number of nitrogens with one attached hydrogen (secondary N) is 1. The van der Waals surface area contributed by atoms with Crippen molar-refractivity contribution in [1.82, 2.24) is 15.1 Å². The Morgan fingerprint density at radius 1 is 1.33 bits per heavy atom. The molecule has 148 valence electrons. The Kier molecular flexibility index (Phi) is 6.08. The molecule has 0 unspecified atom stereocenters. The molecule has 1 atom stereocenters. The van der Waals surface area contributed by atoms with Gasteiger partial charge in [0.25, 0.3) is 0 Å². The molecule has 27 heavy (non-hydrogen) atoms. The molecule has 7 heteroatoms. The van der Waals surface area contributed by atoms with Gasteiger partial charge in [0.05, 0.1) is 19.7 Å². The number of likely N-dealkylation sites (tertiary alicyclic amines) is 1. The van der Waals surface area contributed by atoms with Gasteiger partial charge >= 0.3 is 12.1 Å². The van der Waals surface area contributed by atoms with Crippen molar-refractivity contribution < 1.29 is 19.1 Å². The van der Waals surface area contributed by atoms with Gasteiger partial charge in [-0.05, 0) is 37.3 Å². The van der Waals surface area contributed by atoms with E-state index >= 15 is 0 Å². The minimum atomic E-state index is -0.554. The molecule has 2 saturated heterocycles. The molecule has 3 rings (SSSR count). The minimum Gasteiger partial charge on any atom is -0.493 e. The van der Waals surface area contributed by atoms with Gasteiger partial charge in [-0.1, -0.05) is 25.1 Å². The van der Waals surface area contributed by atoms with Crippen LogP contribution in [0.1, 0.15) is 31.7 Å². The van der Waals surface area contributed by atoms with Gasteiger partial charge < -0.3 is 24.6 Å². The predicted molar refractivity (Wildman–Crippen MR) is 102 cm³/mol. The average Bonchev–Trinajstić information content (AvgIpc) is 2.93. The van der Waals surface area contributed by atoms with Crippen LogP contribution >= 0.6 is 0 Å². The maximum absolute atomic E-state index is 12.6. The molecule has 0 aliphatic carbocycles. The highest BCUT2D eigenvalue weighted by Gasteiger charge is 2.47. The number of para-hydroxylation sites is 1. The lowest BCUT2D eigenvalue weighted by Crippen LogP contribution is -2.54. The number of likely N-dealkylation sites (N-methyl/N-ethyl adjacent to an activating group) is 1. The number of hydrogen-bond donors (Lipinski definition) is 1. The summed E-state index contributed by atoms with van der Waals surface area (Å²) in [4.78, 5) is 27.6. The number of carbonyl (C=O) groups is 2. The van der Waals surface area contributed by atoms with Gasteiger partial charge in [0, 0.05) is 20.1 Å². The quantitative estimate of drug-likeness (QED) is 0.830. The Labute approximate surface area is 160 Å². The van der Waals surface area contributed by atoms with Gasteiger partial charge in [-0.25, -0.2) is 9.59 Å². The van der Waals surface area contributed by atoms with Crippen LogP contribution in [0.25, 0.3) is 0 Å². The predicted octanol–water partition coefficient (Wildman–Crippen LogP) is 2.64. The fourth-order valence-electron chi connectivity index (χ4n) is 3.76. The van der Waals surface area contributed by atoms with Crippen molar-refractivity contribution in [2.45, 2.75) is 38.2 Å². The fourth-order valence-corrected chi connectivity index (χ4v) is 3.76. The second kappa shape index (κ2) is 8.50. The number of ether oxygens (including phenoxy) is 2. The number of amides is 3. The van der Waals surface area contributed by atoms with E-state index in [1.807, 2.05) is 24.3 Å². The molecule has 0 saturated carbocycles. The molecule has 1 aromatic carbocycles. The van der Waals surface area contributed by atoms with Crippen LogP contribution in [0.3, 0.4) is 0 Å². The molecular weight excluding hydrogens is 346 g/mol. The molecule has 2 aliphatic rings. The molecule has 0 aromatic heterocycles. The first-order valence-electron chi connectivity index (χ1n) is 9.70. The summed E-state index contributed by atoms with van der Waals surface area (Å²) < 4.78 is 11.3. The van der Waals surface area contributed by atoms with E-state index in [9.17, 15) is 9.59 Å². The van der Waals surface area contributed by atoms with E-state index in [4.69, 9.17) is 9.47 Å². The zero-order valence-electron chi connectivity index (χ0n) is 16.2. The summed E-state index contributed by atoms with van der Waals surface area (Å²) in [5.74, 6) is 0.881. The van der Waals surface area contributed by atoms with Crippen LogP contribution in [0.2, 0.25) is 0 Å². The summed E-state index contributed by atoms with van der Waals surface area (Å²) in [7, 11) is 1.73. The average molecular weight is 375 g/mol. The Morgan fingerprint density at radius 2 is 2.15 bits per heavy atom. The van der Waals surface area contributed by atoms with E-state index in [2.05, 4.69) is 12.2 Å². The lowest BCUT2D eigenvalue weighted by atomic mass is 9.93. The van der Waals surface area contributed by atoms with Gasteiger partial charge in [0.1, 0.15) is 11.4 Å². The molecule has 0 bridgehead atoms. The highest BCUT2D eigenvalue weighted by molar-refractivity contribution is 5.75. The summed E-state index contributed by atoms with van der Waals surface area (Å²) in [5, 5.41) is 2.99. The normalized spacial score (nSPS) is 22.1. The third kappa shape index (κ3) is 4.64. The van der Waals surface area contributed by atoms with Crippen LogP contribution in [0.5, 0.6) is 5.75 Å². The summed E-state index contributed by atoms with van der Waals surface area (Å²) in [6.07, 6.45) is 3.00. The highest BCUT2D eigenvalue weighted by Crippen LogP contribution is 2.31. The van der Waals surface area contributed by atoms with Crippen molar-refractivity contribution >= 4 is 12.1 Å². The molecular formula is C20H29N3O4. The first kappa shape index (κ1) is 19.3. The molecule has 7 nitrogen and oxygen atoms in total. The van der Waals surface area contributed by atoms with Crippen LogP contribution < -0.4 is 10.1 Å². The van der Waals surface area contributed by atoms with Gasteiger partial charge in [0.15, 0.2) is 0 Å². The van der Waals surface area contributed by atoms with Crippen molar-refractivity contribution in [3.05, 3.63) is 29.8 Å². The van der Waals surface area contributed by atoms with E-state index < -0.39 is 5.60 Å². The SMILES string of the molecule is CCCOc1ccccc1CCNC(=O)N1CCC[C@@]2(CN(C)C(=O)O2)C1. The molecule has 1 N–H and O–H groups in total. The van der Waals surface area contributed by atoms with Crippen molar-refractivity contribution in [1.29, 1.82) is 0 Å². The Hall–Kier alpha value is -2.44. The van der Waals surface area contributed by atoms with Crippen molar-refractivity contribution in [3.63, 3.8) is 0 Å². The number of carbonyl (C=O) groups excluding carboxylic acids is 2. The van der Waals surface area contributed by atoms with Gasteiger partial charge in [-0.2, -0.15) is 0 Å². The van der Waals surface area contributed by atoms with E-state index in [0.717, 1.165) is 30.6 Å². The summed E-state index contributed by atoms with van der Waals surface area (Å²) >= 11 is 0. The van der Waals surface area contributed by atoms with Gasteiger partial charge in [-0.15, -0.1) is 0 Å². The van der Waals surface area contributed by atoms with E-state index in [1.165, 1.54) is 0 Å². The molecule has 3 amide bonds. The maximum atomic E-state index is 12.6. The first-order valence-corrected chi connectivity index (χ1v) is 9.70. The zero-order valence-corrected chi connectivity index (χ0v) is 16.2. The van der Waals surface area contributed by atoms with Crippen molar-refractivity contribution in [2.24, 2.45) is 0 Å². The largest absolute Gasteiger partial charge is 0.493 e. The van der Waals surface area contributed by atoms with E-state index in [0.29, 0.717) is 39.2 Å². The molecule has 2 aliphatic heterocycles. The third-order valence-electron chi connectivity index (χ3n) is 5.07. The second-order valence-corrected chi connectivity index (χ2v) is 7.37. The van der Waals surface area contributed by atoms with Crippen LogP contribution in [0.4, 0.5) is 9.59 Å². The van der Waals surface area contributed by atoms with Crippen LogP contribution in [0, 0.1) is 0 Å². The summed E-state index contributed by atoms with van der Waals surface area (Å²) in [5.41, 5.74) is 0.537. The third-order valence-corrected chi connectivity index (χ3v) is 5.07. The van der Waals surface area contributed by atoms with E-state index in [-0.39, 0.29) is 12.1 Å². The monoisotopic (exact) mass is 375 g/mol. The van der Waals surface area contributed by atoms with Crippen molar-refractivity contribution in [3.8, 4) is 5.75 Å². The van der Waals surface area contributed by atoms with E-state index in [1.54, 1.807) is 16.8 Å². The Bertz CT molecular complexity index is 681. The molecule has 1 spiro atoms. The first-order chi connectivity index (χ1) is 13.0. The van der Waals surface area contributed by atoms with Gasteiger partial charge in [-0.3, -0.25) is 0 Å². The smallest absolute Gasteiger partial charge is 0.410 e. The molecule has 2 heterocycles. The van der Waals surface area contributed by atoms with Crippen molar-refractivity contribution in [2.75, 3.05) is 39.8 Å². The standard InChI is InChI=1S/C20H29N3O4/c1-3-13-26-17-8-5-4-7-16(17)9-11-21-18(24)23-12-6-10-20(15-23)14-22(2)19(25)27-20/h4-5,7-8H,3,6,9-15H2,1-2H3,(H,21,24)/t20-/m1/s1. The number of hydrogen-bond acceptors (Lipinski definition) is 4. The van der Waals surface area contributed by atoms with Crippen LogP contribution in [0.15, 0.2) is 24.3 Å². The number of rotatable bonds is 6. The number of urea groups is 1. The lowest BCUT2D eigenvalue weighted by molar-refractivity contribution is 0.00325. The minimum absolute atomic E-state index is 0.105. The van der Waals surface area contributed by atoms with Gasteiger partial charge in [0.2, 0.25) is 0 Å². The number of nitrogens with zero attached hydrogens (tertiary/aromatic N) is 2. The van der Waals surface area contributed by atoms with Crippen LogP contribution in [-0.4, -0.2) is 67.4 Å². The Balaban J connectivity index is 1.50. The topological polar surface area (TPSA) is 71.1 Å². The molecule has 1 aromatic rings. The Morgan fingerprint density at radius 3 is 2.89 bits per heavy atom.